The van der Waals surface area contributed by atoms with Crippen LogP contribution in [0.15, 0.2) is 72.4 Å². The van der Waals surface area contributed by atoms with Crippen molar-refractivity contribution in [2.75, 3.05) is 0 Å². The molecule has 1 aliphatic heterocycles. The number of hydrogen-bond acceptors (Lipinski definition) is 1. The molecule has 0 saturated carbocycles. The summed E-state index contributed by atoms with van der Waals surface area (Å²) in [5.74, 6) is 1.43. The summed E-state index contributed by atoms with van der Waals surface area (Å²) in [5, 5.41) is 1.60. The highest BCUT2D eigenvalue weighted by Gasteiger charge is 2.55. The van der Waals surface area contributed by atoms with E-state index in [0.29, 0.717) is 5.92 Å². The van der Waals surface area contributed by atoms with Crippen LogP contribution in [0.1, 0.15) is 17.5 Å². The van der Waals surface area contributed by atoms with Gasteiger partial charge < -0.3 is 4.74 Å². The Hall–Kier alpha value is -2.06. The van der Waals surface area contributed by atoms with Crippen LogP contribution in [0.4, 0.5) is 0 Å². The van der Waals surface area contributed by atoms with Gasteiger partial charge in [0.15, 0.2) is 5.60 Å². The number of para-hydroxylation sites is 1. The van der Waals surface area contributed by atoms with Crippen LogP contribution >= 0.6 is 0 Å². The van der Waals surface area contributed by atoms with E-state index >= 15 is 0 Å². The lowest BCUT2D eigenvalue weighted by Crippen LogP contribution is -2.29. The number of benzene rings is 2. The van der Waals surface area contributed by atoms with Crippen molar-refractivity contribution in [3.8, 4) is 5.75 Å². The van der Waals surface area contributed by atoms with E-state index in [4.69, 9.17) is 4.74 Å². The molecule has 0 N–H and O–H groups in total. The van der Waals surface area contributed by atoms with Crippen LogP contribution in [0.25, 0.3) is 5.57 Å². The van der Waals surface area contributed by atoms with Gasteiger partial charge in [-0.05, 0) is 17.5 Å². The maximum absolute atomic E-state index is 6.68. The van der Waals surface area contributed by atoms with Crippen molar-refractivity contribution in [1.82, 2.24) is 0 Å². The molecule has 0 saturated heterocycles. The molecule has 2 aliphatic rings. The molecule has 2 atom stereocenters. The Labute approximate surface area is 145 Å². The van der Waals surface area contributed by atoms with Crippen molar-refractivity contribution in [2.24, 2.45) is 5.92 Å². The Morgan fingerprint density at radius 2 is 1.71 bits per heavy atom. The number of ether oxygens (including phenoxy) is 1. The van der Waals surface area contributed by atoms with E-state index < -0.39 is 8.07 Å². The third kappa shape index (κ3) is 2.06. The lowest BCUT2D eigenvalue weighted by Gasteiger charge is -2.28. The van der Waals surface area contributed by atoms with E-state index in [2.05, 4.69) is 86.9 Å². The fourth-order valence-electron chi connectivity index (χ4n) is 4.48. The van der Waals surface area contributed by atoms with Crippen molar-refractivity contribution < 1.29 is 4.74 Å². The van der Waals surface area contributed by atoms with Gasteiger partial charge in [-0.25, -0.2) is 0 Å². The molecule has 0 spiro atoms. The minimum Gasteiger partial charge on any atom is -0.477 e. The molecular formula is C22H24OSi. The third-order valence-corrected chi connectivity index (χ3v) is 7.56. The van der Waals surface area contributed by atoms with E-state index in [-0.39, 0.29) is 5.60 Å². The molecule has 1 nitrogen and oxygen atoms in total. The summed E-state index contributed by atoms with van der Waals surface area (Å²) in [6.07, 6.45) is 3.10. The molecule has 4 rings (SSSR count). The Bertz CT molecular complexity index is 829. The van der Waals surface area contributed by atoms with Gasteiger partial charge in [-0.1, -0.05) is 79.4 Å². The van der Waals surface area contributed by atoms with E-state index in [1.54, 1.807) is 5.20 Å². The maximum atomic E-state index is 6.68. The lowest BCUT2D eigenvalue weighted by atomic mass is 9.85. The first-order valence-electron chi connectivity index (χ1n) is 8.69. The Morgan fingerprint density at radius 3 is 2.38 bits per heavy atom. The molecule has 2 aromatic rings. The summed E-state index contributed by atoms with van der Waals surface area (Å²) in [7, 11) is -1.51. The van der Waals surface area contributed by atoms with Crippen molar-refractivity contribution in [3.05, 3.63) is 83.6 Å². The molecule has 0 bridgehead atoms. The SMILES string of the molecule is C=C[C@@H]1C[C@]2(c3ccccc3)Oc3ccccc3C2=C1[Si](C)(C)C. The summed E-state index contributed by atoms with van der Waals surface area (Å²) in [6, 6.07) is 19.2. The lowest BCUT2D eigenvalue weighted by molar-refractivity contribution is 0.137. The number of hydrogen-bond donors (Lipinski definition) is 0. The minimum atomic E-state index is -1.51. The number of rotatable bonds is 3. The first kappa shape index (κ1) is 15.5. The van der Waals surface area contributed by atoms with Crippen LogP contribution in [0.5, 0.6) is 5.75 Å². The van der Waals surface area contributed by atoms with Gasteiger partial charge in [0.25, 0.3) is 0 Å². The highest BCUT2D eigenvalue weighted by atomic mass is 28.3. The largest absolute Gasteiger partial charge is 0.477 e. The fraction of sp³-hybridized carbons (Fsp3) is 0.273. The van der Waals surface area contributed by atoms with Gasteiger partial charge in [0.05, 0.1) is 8.07 Å². The second-order valence-electron chi connectivity index (χ2n) is 7.88. The molecule has 1 heterocycles. The maximum Gasteiger partial charge on any atom is 0.160 e. The monoisotopic (exact) mass is 332 g/mol. The molecule has 0 unspecified atom stereocenters. The molecule has 1 aliphatic carbocycles. The molecule has 0 radical (unpaired) electrons. The standard InChI is InChI=1S/C22H24OSi/c1-5-16-15-22(17-11-7-6-8-12-17)20(21(16)24(2,3)4)18-13-9-10-14-19(18)23-22/h5-14,16H,1,15H2,2-4H3/t16-,22-/m1/s1. The van der Waals surface area contributed by atoms with E-state index in [1.165, 1.54) is 16.7 Å². The van der Waals surface area contributed by atoms with Gasteiger partial charge in [0.1, 0.15) is 5.75 Å². The molecule has 122 valence electrons. The molecular weight excluding hydrogens is 308 g/mol. The van der Waals surface area contributed by atoms with Gasteiger partial charge >= 0.3 is 0 Å². The molecule has 0 amide bonds. The second-order valence-corrected chi connectivity index (χ2v) is 12.9. The van der Waals surface area contributed by atoms with Crippen LogP contribution in [0, 0.1) is 5.92 Å². The second kappa shape index (κ2) is 5.22. The summed E-state index contributed by atoms with van der Waals surface area (Å²) < 4.78 is 6.68. The summed E-state index contributed by atoms with van der Waals surface area (Å²) in [4.78, 5) is 0. The third-order valence-electron chi connectivity index (χ3n) is 5.32. The molecule has 24 heavy (non-hydrogen) atoms. The van der Waals surface area contributed by atoms with Gasteiger partial charge in [-0.2, -0.15) is 0 Å². The molecule has 2 aromatic carbocycles. The predicted octanol–water partition coefficient (Wildman–Crippen LogP) is 5.81. The average Bonchev–Trinajstić information content (AvgIpc) is 3.06. The summed E-state index contributed by atoms with van der Waals surface area (Å²) >= 11 is 0. The van der Waals surface area contributed by atoms with Crippen molar-refractivity contribution in [2.45, 2.75) is 31.7 Å². The van der Waals surface area contributed by atoms with Gasteiger partial charge in [-0.15, -0.1) is 6.58 Å². The quantitative estimate of drug-likeness (QED) is 0.509. The predicted molar refractivity (Wildman–Crippen MR) is 104 cm³/mol. The topological polar surface area (TPSA) is 9.23 Å². The fourth-order valence-corrected chi connectivity index (χ4v) is 6.90. The number of allylic oxidation sites excluding steroid dienone is 2. The van der Waals surface area contributed by atoms with Crippen LogP contribution in [0.3, 0.4) is 0 Å². The van der Waals surface area contributed by atoms with Crippen molar-refractivity contribution in [3.63, 3.8) is 0 Å². The van der Waals surface area contributed by atoms with Gasteiger partial charge in [-0.3, -0.25) is 0 Å². The Morgan fingerprint density at radius 1 is 1.04 bits per heavy atom. The Balaban J connectivity index is 2.06. The minimum absolute atomic E-state index is 0.348. The summed E-state index contributed by atoms with van der Waals surface area (Å²) in [6.45, 7) is 11.5. The van der Waals surface area contributed by atoms with Crippen LogP contribution in [-0.4, -0.2) is 8.07 Å². The molecule has 0 fully saturated rings. The van der Waals surface area contributed by atoms with Gasteiger partial charge in [0, 0.05) is 17.6 Å². The summed E-state index contributed by atoms with van der Waals surface area (Å²) in [5.41, 5.74) is 3.62. The molecule has 0 aromatic heterocycles. The average molecular weight is 333 g/mol. The zero-order valence-electron chi connectivity index (χ0n) is 14.7. The number of fused-ring (bicyclic) bond motifs is 3. The van der Waals surface area contributed by atoms with Crippen molar-refractivity contribution in [1.29, 1.82) is 0 Å². The highest BCUT2D eigenvalue weighted by Crippen LogP contribution is 2.61. The van der Waals surface area contributed by atoms with Crippen LogP contribution < -0.4 is 4.74 Å². The first-order chi connectivity index (χ1) is 11.5. The van der Waals surface area contributed by atoms with Gasteiger partial charge in [0.2, 0.25) is 0 Å². The zero-order chi connectivity index (χ0) is 16.9. The van der Waals surface area contributed by atoms with Crippen molar-refractivity contribution >= 4 is 13.6 Å². The molecule has 2 heteroatoms. The Kier molecular flexibility index (Phi) is 3.36. The van der Waals surface area contributed by atoms with E-state index in [0.717, 1.165) is 12.2 Å². The first-order valence-corrected chi connectivity index (χ1v) is 12.2. The van der Waals surface area contributed by atoms with E-state index in [1.807, 2.05) is 0 Å². The zero-order valence-corrected chi connectivity index (χ0v) is 15.7. The highest BCUT2D eigenvalue weighted by molar-refractivity contribution is 6.84. The van der Waals surface area contributed by atoms with E-state index in [9.17, 15) is 0 Å². The van der Waals surface area contributed by atoms with Crippen LogP contribution in [-0.2, 0) is 5.60 Å². The van der Waals surface area contributed by atoms with Crippen LogP contribution in [0.2, 0.25) is 19.6 Å². The smallest absolute Gasteiger partial charge is 0.160 e. The normalized spacial score (nSPS) is 25.2.